The van der Waals surface area contributed by atoms with Crippen molar-refractivity contribution in [2.24, 2.45) is 10.9 Å². The van der Waals surface area contributed by atoms with Gasteiger partial charge in [-0.3, -0.25) is 0 Å². The molecule has 0 saturated heterocycles. The summed E-state index contributed by atoms with van der Waals surface area (Å²) < 4.78 is 6.36. The van der Waals surface area contributed by atoms with Crippen molar-refractivity contribution < 1.29 is 9.62 Å². The molecule has 100 valence electrons. The zero-order chi connectivity index (χ0) is 14.0. The van der Waals surface area contributed by atoms with Gasteiger partial charge in [-0.05, 0) is 43.8 Å². The molecule has 0 radical (unpaired) electrons. The second kappa shape index (κ2) is 5.66. The van der Waals surface area contributed by atoms with E-state index in [0.29, 0.717) is 10.8 Å². The van der Waals surface area contributed by atoms with Crippen molar-refractivity contribution in [3.8, 4) is 0 Å². The molecule has 0 atom stereocenters. The van der Waals surface area contributed by atoms with E-state index in [0.717, 1.165) is 20.8 Å². The zero-order valence-corrected chi connectivity index (χ0v) is 12.7. The first-order chi connectivity index (χ1) is 9.01. The van der Waals surface area contributed by atoms with Crippen molar-refractivity contribution in [1.29, 1.82) is 0 Å². The van der Waals surface area contributed by atoms with Gasteiger partial charge in [0.2, 0.25) is 0 Å². The molecule has 3 N–H and O–H groups in total. The van der Waals surface area contributed by atoms with Gasteiger partial charge in [0.15, 0.2) is 5.84 Å². The Morgan fingerprint density at radius 2 is 2.21 bits per heavy atom. The van der Waals surface area contributed by atoms with Crippen LogP contribution in [-0.4, -0.2) is 16.0 Å². The summed E-state index contributed by atoms with van der Waals surface area (Å²) in [6.45, 7) is 3.74. The third kappa shape index (κ3) is 3.10. The quantitative estimate of drug-likeness (QED) is 0.387. The Morgan fingerprint density at radius 1 is 1.47 bits per heavy atom. The lowest BCUT2D eigenvalue weighted by Crippen LogP contribution is -2.14. The Bertz CT molecular complexity index is 620. The molecule has 0 unspecified atom stereocenters. The molecule has 0 amide bonds. The highest BCUT2D eigenvalue weighted by atomic mass is 79.9. The maximum Gasteiger partial charge on any atom is 0.261 e. The predicted octanol–water partition coefficient (Wildman–Crippen LogP) is 3.30. The van der Waals surface area contributed by atoms with Crippen LogP contribution in [0.1, 0.15) is 17.0 Å². The first-order valence-electron chi connectivity index (χ1n) is 5.40. The van der Waals surface area contributed by atoms with Crippen LogP contribution < -0.4 is 5.73 Å². The summed E-state index contributed by atoms with van der Waals surface area (Å²) in [7, 11) is 0. The molecule has 0 bridgehead atoms. The highest BCUT2D eigenvalue weighted by Gasteiger charge is 2.13. The molecule has 0 saturated carbocycles. The van der Waals surface area contributed by atoms with Gasteiger partial charge in [-0.2, -0.15) is 0 Å². The molecule has 2 aromatic rings. The van der Waals surface area contributed by atoms with Crippen LogP contribution in [0.5, 0.6) is 0 Å². The van der Waals surface area contributed by atoms with E-state index in [9.17, 15) is 0 Å². The average molecular weight is 342 g/mol. The van der Waals surface area contributed by atoms with Crippen molar-refractivity contribution in [3.63, 3.8) is 0 Å². The van der Waals surface area contributed by atoms with Crippen molar-refractivity contribution in [1.82, 2.24) is 4.98 Å². The normalized spacial score (nSPS) is 11.8. The van der Waals surface area contributed by atoms with Crippen LogP contribution in [0.15, 0.2) is 42.4 Å². The van der Waals surface area contributed by atoms with Crippen molar-refractivity contribution in [2.45, 2.75) is 24.0 Å². The maximum atomic E-state index is 8.82. The first kappa shape index (κ1) is 14.0. The van der Waals surface area contributed by atoms with Crippen LogP contribution in [0.2, 0.25) is 0 Å². The number of nitrogens with two attached hydrogens (primary N) is 1. The second-order valence-electron chi connectivity index (χ2n) is 3.85. The standard InChI is InChI=1S/C12H12BrN3O2S/c1-6-7(2)18-12(15-6)19-10-4-3-8(13)5-9(10)11(14)16-17/h3-5,17H,1-2H3,(H2,14,16). The molecule has 2 rings (SSSR count). The topological polar surface area (TPSA) is 84.6 Å². The van der Waals surface area contributed by atoms with E-state index >= 15 is 0 Å². The summed E-state index contributed by atoms with van der Waals surface area (Å²) in [5.74, 6) is 0.828. The number of aryl methyl sites for hydroxylation is 2. The number of rotatable bonds is 3. The minimum Gasteiger partial charge on any atom is -0.436 e. The summed E-state index contributed by atoms with van der Waals surface area (Å²) in [6.07, 6.45) is 0. The smallest absolute Gasteiger partial charge is 0.261 e. The Kier molecular flexibility index (Phi) is 4.16. The van der Waals surface area contributed by atoms with Crippen LogP contribution in [0.4, 0.5) is 0 Å². The molecule has 1 aromatic heterocycles. The van der Waals surface area contributed by atoms with E-state index in [1.165, 1.54) is 11.8 Å². The van der Waals surface area contributed by atoms with Gasteiger partial charge in [-0.1, -0.05) is 21.1 Å². The molecule has 0 aliphatic carbocycles. The Balaban J connectivity index is 2.39. The highest BCUT2D eigenvalue weighted by molar-refractivity contribution is 9.10. The number of benzene rings is 1. The molecule has 0 aliphatic heterocycles. The molecule has 0 aliphatic rings. The number of amidine groups is 1. The minimum absolute atomic E-state index is 0.0452. The van der Waals surface area contributed by atoms with Crippen LogP contribution in [-0.2, 0) is 0 Å². The molecule has 19 heavy (non-hydrogen) atoms. The Labute approximate surface area is 123 Å². The molecule has 0 fully saturated rings. The van der Waals surface area contributed by atoms with Gasteiger partial charge in [0.05, 0.1) is 5.69 Å². The molecule has 1 heterocycles. The van der Waals surface area contributed by atoms with Crippen molar-refractivity contribution in [2.75, 3.05) is 0 Å². The largest absolute Gasteiger partial charge is 0.436 e. The lowest BCUT2D eigenvalue weighted by atomic mass is 10.2. The molecule has 5 nitrogen and oxygen atoms in total. The third-order valence-electron chi connectivity index (χ3n) is 2.53. The molecule has 7 heteroatoms. The maximum absolute atomic E-state index is 8.82. The van der Waals surface area contributed by atoms with Gasteiger partial charge in [0, 0.05) is 14.9 Å². The van der Waals surface area contributed by atoms with E-state index in [1.54, 1.807) is 6.07 Å². The van der Waals surface area contributed by atoms with E-state index in [4.69, 9.17) is 15.4 Å². The van der Waals surface area contributed by atoms with Crippen LogP contribution >= 0.6 is 27.7 Å². The number of hydrogen-bond acceptors (Lipinski definition) is 5. The van der Waals surface area contributed by atoms with Gasteiger partial charge < -0.3 is 15.4 Å². The van der Waals surface area contributed by atoms with Crippen LogP contribution in [0, 0.1) is 13.8 Å². The van der Waals surface area contributed by atoms with Gasteiger partial charge >= 0.3 is 0 Å². The highest BCUT2D eigenvalue weighted by Crippen LogP contribution is 2.32. The number of oxazole rings is 1. The number of nitrogens with zero attached hydrogens (tertiary/aromatic N) is 2. The van der Waals surface area contributed by atoms with Crippen LogP contribution in [0.3, 0.4) is 0 Å². The van der Waals surface area contributed by atoms with E-state index in [2.05, 4.69) is 26.1 Å². The van der Waals surface area contributed by atoms with Gasteiger partial charge in [-0.15, -0.1) is 0 Å². The summed E-state index contributed by atoms with van der Waals surface area (Å²) in [5, 5.41) is 12.4. The molecular weight excluding hydrogens is 330 g/mol. The fourth-order valence-corrected chi connectivity index (χ4v) is 2.73. The van der Waals surface area contributed by atoms with E-state index < -0.39 is 0 Å². The monoisotopic (exact) mass is 341 g/mol. The summed E-state index contributed by atoms with van der Waals surface area (Å²) in [5.41, 5.74) is 7.14. The van der Waals surface area contributed by atoms with E-state index in [-0.39, 0.29) is 5.84 Å². The fraction of sp³-hybridized carbons (Fsp3) is 0.167. The molecule has 0 spiro atoms. The summed E-state index contributed by atoms with van der Waals surface area (Å²) in [6, 6.07) is 5.51. The summed E-state index contributed by atoms with van der Waals surface area (Å²) >= 11 is 4.69. The first-order valence-corrected chi connectivity index (χ1v) is 7.01. The SMILES string of the molecule is Cc1nc(Sc2ccc(Br)cc2/C(N)=N/O)oc1C. The minimum atomic E-state index is 0.0452. The van der Waals surface area contributed by atoms with Crippen LogP contribution in [0.25, 0.3) is 0 Å². The zero-order valence-electron chi connectivity index (χ0n) is 10.3. The third-order valence-corrected chi connectivity index (χ3v) is 3.95. The fourth-order valence-electron chi connectivity index (χ4n) is 1.43. The predicted molar refractivity (Wildman–Crippen MR) is 76.8 cm³/mol. The number of halogens is 1. The van der Waals surface area contributed by atoms with Gasteiger partial charge in [-0.25, -0.2) is 4.98 Å². The van der Waals surface area contributed by atoms with Crippen molar-refractivity contribution >= 4 is 33.5 Å². The number of aromatic nitrogens is 1. The van der Waals surface area contributed by atoms with E-state index in [1.807, 2.05) is 26.0 Å². The lowest BCUT2D eigenvalue weighted by molar-refractivity contribution is 0.318. The number of oxime groups is 1. The Hall–Kier alpha value is -1.47. The molecule has 1 aromatic carbocycles. The average Bonchev–Trinajstić information content (AvgIpc) is 2.69. The lowest BCUT2D eigenvalue weighted by Gasteiger charge is -2.06. The molecular formula is C12H12BrN3O2S. The summed E-state index contributed by atoms with van der Waals surface area (Å²) in [4.78, 5) is 5.10. The van der Waals surface area contributed by atoms with Crippen molar-refractivity contribution in [3.05, 3.63) is 39.7 Å². The number of hydrogen-bond donors (Lipinski definition) is 2. The second-order valence-corrected chi connectivity index (χ2v) is 5.76. The van der Waals surface area contributed by atoms with Gasteiger partial charge in [0.25, 0.3) is 5.22 Å². The van der Waals surface area contributed by atoms with Gasteiger partial charge in [0.1, 0.15) is 5.76 Å². The Morgan fingerprint density at radius 3 is 2.79 bits per heavy atom.